The van der Waals surface area contributed by atoms with Gasteiger partial charge in [0.2, 0.25) is 0 Å². The van der Waals surface area contributed by atoms with Crippen molar-refractivity contribution in [3.8, 4) is 0 Å². The lowest BCUT2D eigenvalue weighted by molar-refractivity contribution is 0.174. The Hall–Kier alpha value is -0.280. The van der Waals surface area contributed by atoms with Gasteiger partial charge in [-0.15, -0.1) is 0 Å². The van der Waals surface area contributed by atoms with E-state index in [4.69, 9.17) is 23.2 Å². The van der Waals surface area contributed by atoms with Crippen LogP contribution < -0.4 is 5.32 Å². The van der Waals surface area contributed by atoms with Crippen LogP contribution in [0.5, 0.6) is 0 Å². The molecule has 0 fully saturated rings. The van der Waals surface area contributed by atoms with Crippen molar-refractivity contribution in [1.29, 1.82) is 0 Å². The summed E-state index contributed by atoms with van der Waals surface area (Å²) in [5.74, 6) is 0. The van der Waals surface area contributed by atoms with Crippen LogP contribution in [0.4, 0.5) is 0 Å². The molecular formula is C16H26Cl2N2. The number of hydrogen-bond acceptors (Lipinski definition) is 2. The van der Waals surface area contributed by atoms with E-state index in [1.165, 1.54) is 0 Å². The molecule has 1 rings (SSSR count). The second-order valence-electron chi connectivity index (χ2n) is 5.77. The van der Waals surface area contributed by atoms with Crippen molar-refractivity contribution < 1.29 is 0 Å². The zero-order valence-corrected chi connectivity index (χ0v) is 14.6. The highest BCUT2D eigenvalue weighted by Crippen LogP contribution is 2.25. The van der Waals surface area contributed by atoms with Crippen molar-refractivity contribution in [2.24, 2.45) is 0 Å². The van der Waals surface area contributed by atoms with Gasteiger partial charge < -0.3 is 5.32 Å². The van der Waals surface area contributed by atoms with E-state index in [0.717, 1.165) is 23.7 Å². The molecular weight excluding hydrogens is 291 g/mol. The van der Waals surface area contributed by atoms with Gasteiger partial charge in [0.1, 0.15) is 0 Å². The van der Waals surface area contributed by atoms with Crippen LogP contribution >= 0.6 is 23.2 Å². The topological polar surface area (TPSA) is 15.3 Å². The summed E-state index contributed by atoms with van der Waals surface area (Å²) in [5, 5.41) is 4.93. The summed E-state index contributed by atoms with van der Waals surface area (Å²) in [6.07, 6.45) is 0. The third-order valence-electron chi connectivity index (χ3n) is 3.58. The number of hydrogen-bond donors (Lipinski definition) is 1. The summed E-state index contributed by atoms with van der Waals surface area (Å²) < 4.78 is 0. The highest BCUT2D eigenvalue weighted by Gasteiger charge is 2.14. The Balaban J connectivity index is 2.53. The predicted molar refractivity (Wildman–Crippen MR) is 89.9 cm³/mol. The molecule has 0 bridgehead atoms. The third kappa shape index (κ3) is 5.25. The van der Waals surface area contributed by atoms with Crippen molar-refractivity contribution in [3.05, 3.63) is 33.8 Å². The number of nitrogens with one attached hydrogen (secondary N) is 1. The fourth-order valence-corrected chi connectivity index (χ4v) is 3.06. The van der Waals surface area contributed by atoms with E-state index in [-0.39, 0.29) is 6.04 Å². The van der Waals surface area contributed by atoms with Gasteiger partial charge in [-0.1, -0.05) is 29.3 Å². The van der Waals surface area contributed by atoms with E-state index < -0.39 is 0 Å². The Morgan fingerprint density at radius 3 is 2.15 bits per heavy atom. The minimum Gasteiger partial charge on any atom is -0.309 e. The van der Waals surface area contributed by atoms with Crippen molar-refractivity contribution in [3.63, 3.8) is 0 Å². The van der Waals surface area contributed by atoms with Gasteiger partial charge in [-0.05, 0) is 52.3 Å². The van der Waals surface area contributed by atoms with Crippen molar-refractivity contribution >= 4 is 23.2 Å². The molecule has 0 spiro atoms. The molecule has 1 atom stereocenters. The summed E-state index contributed by atoms with van der Waals surface area (Å²) in [7, 11) is 0. The van der Waals surface area contributed by atoms with Crippen LogP contribution in [0.1, 0.15) is 46.2 Å². The molecule has 0 aliphatic rings. The van der Waals surface area contributed by atoms with Crippen LogP contribution in [0.3, 0.4) is 0 Å². The third-order valence-corrected chi connectivity index (χ3v) is 4.14. The Bertz CT molecular complexity index is 411. The SMILES string of the molecule is CC(NCCN(C(C)C)C(C)C)c1ccc(Cl)cc1Cl. The number of benzene rings is 1. The smallest absolute Gasteiger partial charge is 0.0468 e. The number of nitrogens with zero attached hydrogens (tertiary/aromatic N) is 1. The Labute approximate surface area is 133 Å². The summed E-state index contributed by atoms with van der Waals surface area (Å²) in [6, 6.07) is 7.02. The summed E-state index contributed by atoms with van der Waals surface area (Å²) in [4.78, 5) is 2.48. The second-order valence-corrected chi connectivity index (χ2v) is 6.61. The molecule has 114 valence electrons. The monoisotopic (exact) mass is 316 g/mol. The molecule has 0 amide bonds. The van der Waals surface area contributed by atoms with Crippen LogP contribution in [-0.4, -0.2) is 30.1 Å². The van der Waals surface area contributed by atoms with E-state index in [0.29, 0.717) is 17.1 Å². The Kier molecular flexibility index (Phi) is 7.32. The zero-order valence-electron chi connectivity index (χ0n) is 13.1. The second kappa shape index (κ2) is 8.23. The average molecular weight is 317 g/mol. The van der Waals surface area contributed by atoms with Crippen molar-refractivity contribution in [2.45, 2.75) is 52.7 Å². The van der Waals surface area contributed by atoms with E-state index in [2.05, 4.69) is 44.8 Å². The molecule has 0 aliphatic carbocycles. The molecule has 2 nitrogen and oxygen atoms in total. The normalized spacial score (nSPS) is 13.5. The van der Waals surface area contributed by atoms with Crippen molar-refractivity contribution in [2.75, 3.05) is 13.1 Å². The van der Waals surface area contributed by atoms with E-state index in [1.54, 1.807) is 6.07 Å². The molecule has 0 radical (unpaired) electrons. The van der Waals surface area contributed by atoms with Crippen LogP contribution in [0.25, 0.3) is 0 Å². The van der Waals surface area contributed by atoms with E-state index in [9.17, 15) is 0 Å². The quantitative estimate of drug-likeness (QED) is 0.780. The molecule has 1 unspecified atom stereocenters. The number of halogens is 2. The standard InChI is InChI=1S/C16H26Cl2N2/c1-11(2)20(12(3)4)9-8-19-13(5)15-7-6-14(17)10-16(15)18/h6-7,10-13,19H,8-9H2,1-5H3. The van der Waals surface area contributed by atoms with Crippen LogP contribution in [-0.2, 0) is 0 Å². The van der Waals surface area contributed by atoms with Gasteiger partial charge in [-0.2, -0.15) is 0 Å². The first-order chi connectivity index (χ1) is 9.32. The predicted octanol–water partition coefficient (Wildman–Crippen LogP) is 4.76. The first-order valence-corrected chi connectivity index (χ1v) is 8.02. The van der Waals surface area contributed by atoms with Gasteiger partial charge in [0.25, 0.3) is 0 Å². The summed E-state index contributed by atoms with van der Waals surface area (Å²) in [5.41, 5.74) is 1.09. The molecule has 1 aromatic carbocycles. The molecule has 0 saturated carbocycles. The van der Waals surface area contributed by atoms with Gasteiger partial charge in [-0.25, -0.2) is 0 Å². The molecule has 1 aromatic rings. The van der Waals surface area contributed by atoms with Gasteiger partial charge >= 0.3 is 0 Å². The van der Waals surface area contributed by atoms with Crippen LogP contribution in [0.15, 0.2) is 18.2 Å². The van der Waals surface area contributed by atoms with Gasteiger partial charge in [-0.3, -0.25) is 4.90 Å². The van der Waals surface area contributed by atoms with Gasteiger partial charge in [0, 0.05) is 41.3 Å². The largest absolute Gasteiger partial charge is 0.309 e. The summed E-state index contributed by atoms with van der Waals surface area (Å²) >= 11 is 12.2. The highest BCUT2D eigenvalue weighted by molar-refractivity contribution is 6.35. The van der Waals surface area contributed by atoms with E-state index >= 15 is 0 Å². The van der Waals surface area contributed by atoms with Crippen LogP contribution in [0, 0.1) is 0 Å². The number of rotatable bonds is 7. The maximum atomic E-state index is 6.23. The molecule has 0 saturated heterocycles. The molecule has 0 aliphatic heterocycles. The minimum absolute atomic E-state index is 0.223. The molecule has 0 aromatic heterocycles. The van der Waals surface area contributed by atoms with Crippen LogP contribution in [0.2, 0.25) is 10.0 Å². The first-order valence-electron chi connectivity index (χ1n) is 7.27. The fourth-order valence-electron chi connectivity index (χ4n) is 2.49. The van der Waals surface area contributed by atoms with E-state index in [1.807, 2.05) is 12.1 Å². The zero-order chi connectivity index (χ0) is 15.3. The lowest BCUT2D eigenvalue weighted by atomic mass is 10.1. The highest BCUT2D eigenvalue weighted by atomic mass is 35.5. The van der Waals surface area contributed by atoms with Gasteiger partial charge in [0.15, 0.2) is 0 Å². The summed E-state index contributed by atoms with van der Waals surface area (Å²) in [6.45, 7) is 13.0. The minimum atomic E-state index is 0.223. The Morgan fingerprint density at radius 1 is 1.05 bits per heavy atom. The molecule has 0 heterocycles. The maximum Gasteiger partial charge on any atom is 0.0468 e. The maximum absolute atomic E-state index is 6.23. The lowest BCUT2D eigenvalue weighted by Gasteiger charge is -2.31. The lowest BCUT2D eigenvalue weighted by Crippen LogP contribution is -2.41. The molecule has 1 N–H and O–H groups in total. The first kappa shape index (κ1) is 17.8. The fraction of sp³-hybridized carbons (Fsp3) is 0.625. The van der Waals surface area contributed by atoms with Crippen molar-refractivity contribution in [1.82, 2.24) is 10.2 Å². The van der Waals surface area contributed by atoms with Gasteiger partial charge in [0.05, 0.1) is 0 Å². The Morgan fingerprint density at radius 2 is 1.65 bits per heavy atom. The molecule has 20 heavy (non-hydrogen) atoms. The average Bonchev–Trinajstić information content (AvgIpc) is 2.33. The molecule has 4 heteroatoms.